The fraction of sp³-hybridized carbons (Fsp3) is 0.287. The smallest absolute Gasteiger partial charge is 0.338 e. The Hall–Kier alpha value is -12.9. The first kappa shape index (κ1) is 98.7. The minimum absolute atomic E-state index is 0.00554. The quantitative estimate of drug-likeness (QED) is 0.0274. The van der Waals surface area contributed by atoms with Gasteiger partial charge in [-0.05, 0) is 98.6 Å². The van der Waals surface area contributed by atoms with Crippen molar-refractivity contribution in [2.24, 2.45) is 0 Å². The molecule has 4 saturated heterocycles. The summed E-state index contributed by atoms with van der Waals surface area (Å²) in [6.07, 6.45) is -28.2. The molecule has 4 fully saturated rings. The molecular weight excluding hydrogens is 1780 g/mol. The third-order valence-electron chi connectivity index (χ3n) is 24.3. The van der Waals surface area contributed by atoms with Crippen molar-refractivity contribution in [2.45, 2.75) is 182 Å². The highest BCUT2D eigenvalue weighted by Gasteiger charge is 2.58. The van der Waals surface area contributed by atoms with E-state index in [1.807, 2.05) is 273 Å². The van der Waals surface area contributed by atoms with Crippen LogP contribution in [0.3, 0.4) is 0 Å². The Morgan fingerprint density at radius 1 is 0.186 bits per heavy atom. The summed E-state index contributed by atoms with van der Waals surface area (Å²) >= 11 is 0. The van der Waals surface area contributed by atoms with Crippen LogP contribution in [0.25, 0.3) is 0 Å². The van der Waals surface area contributed by atoms with E-state index in [-0.39, 0.29) is 88.3 Å². The third-order valence-corrected chi connectivity index (χ3v) is 24.3. The van der Waals surface area contributed by atoms with E-state index in [1.54, 1.807) is 109 Å². The third kappa shape index (κ3) is 27.6. The van der Waals surface area contributed by atoms with Gasteiger partial charge in [-0.25, -0.2) is 19.2 Å². The summed E-state index contributed by atoms with van der Waals surface area (Å²) in [6, 6.07) is 119. The molecule has 140 heavy (non-hydrogen) atoms. The monoisotopic (exact) mass is 1890 g/mol. The van der Waals surface area contributed by atoms with Crippen molar-refractivity contribution in [1.29, 1.82) is 0 Å². The van der Waals surface area contributed by atoms with Crippen LogP contribution in [0.5, 0.6) is 0 Å². The van der Waals surface area contributed by atoms with Crippen molar-refractivity contribution >= 4 is 23.9 Å². The predicted molar refractivity (Wildman–Crippen MR) is 514 cm³/mol. The zero-order valence-corrected chi connectivity index (χ0v) is 77.0. The molecule has 20 atom stereocenters. The van der Waals surface area contributed by atoms with Crippen LogP contribution in [0.15, 0.2) is 394 Å². The molecule has 0 unspecified atom stereocenters. The zero-order chi connectivity index (χ0) is 95.7. The molecule has 0 spiro atoms. The summed E-state index contributed by atoms with van der Waals surface area (Å²) in [5.41, 5.74) is 7.66. The minimum Gasteiger partial charge on any atom is -0.452 e. The number of esters is 4. The molecule has 0 radical (unpaired) electrons. The fourth-order valence-electron chi connectivity index (χ4n) is 17.2. The van der Waals surface area contributed by atoms with Crippen molar-refractivity contribution in [2.75, 3.05) is 26.4 Å². The Morgan fingerprint density at radius 2 is 0.379 bits per heavy atom. The number of carbonyl (C=O) groups excluding carboxylic acids is 4. The van der Waals surface area contributed by atoms with E-state index < -0.39 is 167 Å². The minimum atomic E-state index is -1.87. The van der Waals surface area contributed by atoms with Gasteiger partial charge >= 0.3 is 23.9 Å². The molecule has 25 heteroatoms. The molecule has 0 aliphatic carbocycles. The highest BCUT2D eigenvalue weighted by molar-refractivity contribution is 5.91. The average Bonchev–Trinajstić information content (AvgIpc) is 0.781. The van der Waals surface area contributed by atoms with E-state index in [0.717, 1.165) is 50.1 Å². The fourth-order valence-corrected chi connectivity index (χ4v) is 17.2. The second-order valence-corrected chi connectivity index (χ2v) is 34.2. The van der Waals surface area contributed by atoms with E-state index in [2.05, 4.69) is 0 Å². The maximum absolute atomic E-state index is 15.4. The molecule has 13 aromatic rings. The molecule has 4 aliphatic rings. The Labute approximate surface area is 813 Å². The van der Waals surface area contributed by atoms with Crippen LogP contribution in [0, 0.1) is 0 Å². The van der Waals surface area contributed by atoms with Crippen LogP contribution in [0.4, 0.5) is 0 Å². The molecule has 17 rings (SSSR count). The van der Waals surface area contributed by atoms with Gasteiger partial charge in [-0.15, -0.1) is 0 Å². The normalized spacial score (nSPS) is 24.5. The van der Waals surface area contributed by atoms with Gasteiger partial charge in [0.25, 0.3) is 0 Å². The summed E-state index contributed by atoms with van der Waals surface area (Å²) < 4.78 is 141. The van der Waals surface area contributed by atoms with Crippen molar-refractivity contribution in [1.82, 2.24) is 0 Å². The molecule has 722 valence electrons. The number of hydrogen-bond acceptors (Lipinski definition) is 25. The molecule has 13 aromatic carbocycles. The van der Waals surface area contributed by atoms with Crippen LogP contribution >= 0.6 is 0 Å². The Kier molecular flexibility index (Phi) is 36.1. The lowest BCUT2D eigenvalue weighted by Gasteiger charge is -2.48. The van der Waals surface area contributed by atoms with Gasteiger partial charge in [0, 0.05) is 0 Å². The van der Waals surface area contributed by atoms with Gasteiger partial charge in [0.1, 0.15) is 73.2 Å². The molecule has 0 amide bonds. The molecule has 4 heterocycles. The molecule has 1 N–H and O–H groups in total. The van der Waals surface area contributed by atoms with Crippen LogP contribution < -0.4 is 0 Å². The highest BCUT2D eigenvalue weighted by atomic mass is 16.8. The van der Waals surface area contributed by atoms with Crippen LogP contribution in [-0.2, 0) is 154 Å². The predicted octanol–water partition coefficient (Wildman–Crippen LogP) is 17.7. The first-order chi connectivity index (χ1) is 69.0. The van der Waals surface area contributed by atoms with Crippen LogP contribution in [0.1, 0.15) is 91.5 Å². The number of benzene rings is 13. The standard InChI is InChI=1S/C115H112O25/c116-108(88-58-32-10-33-59-88)137-99-95(136-115(107(140-111(119)91-64-38-13-39-65-91)103(99)138-109(117)89-60-34-11-35-61-89)131-76-93-97(123-68-81-44-18-3-19-45-81)100(125-70-83-48-22-5-23-49-83)104(112(120)133-93)128-73-86-54-28-8-29-55-86)78-130-113-105(129-74-87-56-30-9-31-57-87)101(126-71-84-50-24-6-25-51-84)98(124-69-82-46-20-4-21-47-82)94(135-113)77-132-114-106(139-110(118)90-62-36-12-37-63-90)102(127-72-85-52-26-7-27-53-85)96(122-67-80-42-16-2-17-43-80)92(134-114)75-121-66-79-40-14-1-15-41-79/h1-65,92-107,112-115,120H,66-78H2/t92-,93-,94-,95-,96-,97-,98-,99-,100+,101+,102+,103+,104-,105-,106-,107-,112+,113-,114-,115-/m1/s1. The van der Waals surface area contributed by atoms with E-state index in [0.29, 0.717) is 0 Å². The summed E-state index contributed by atoms with van der Waals surface area (Å²) in [5, 5.41) is 12.6. The molecular formula is C115H112O25. The number of rotatable bonds is 45. The largest absolute Gasteiger partial charge is 0.452 e. The van der Waals surface area contributed by atoms with Gasteiger partial charge in [-0.3, -0.25) is 0 Å². The highest BCUT2D eigenvalue weighted by Crippen LogP contribution is 2.40. The first-order valence-corrected chi connectivity index (χ1v) is 47.1. The van der Waals surface area contributed by atoms with Crippen molar-refractivity contribution < 1.29 is 119 Å². The Bertz CT molecular complexity index is 5840. The number of aliphatic hydroxyl groups excluding tert-OH is 1. The lowest BCUT2D eigenvalue weighted by Crippen LogP contribution is -2.65. The molecule has 0 aromatic heterocycles. The van der Waals surface area contributed by atoms with Crippen molar-refractivity contribution in [3.05, 3.63) is 467 Å². The maximum Gasteiger partial charge on any atom is 0.338 e. The topological polar surface area (TPSA) is 273 Å². The molecule has 4 aliphatic heterocycles. The van der Waals surface area contributed by atoms with E-state index in [1.165, 1.54) is 12.1 Å². The van der Waals surface area contributed by atoms with Gasteiger partial charge in [0.05, 0.1) is 108 Å². The van der Waals surface area contributed by atoms with Gasteiger partial charge in [-0.1, -0.05) is 346 Å². The summed E-state index contributed by atoms with van der Waals surface area (Å²) in [5.74, 6) is -3.51. The molecule has 0 saturated carbocycles. The number of carbonyl (C=O) groups is 4. The Morgan fingerprint density at radius 3 is 0.671 bits per heavy atom. The van der Waals surface area contributed by atoms with Crippen LogP contribution in [-0.4, -0.2) is 178 Å². The second-order valence-electron chi connectivity index (χ2n) is 34.2. The van der Waals surface area contributed by atoms with E-state index in [4.69, 9.17) is 94.7 Å². The number of aliphatic hydroxyl groups is 1. The summed E-state index contributed by atoms with van der Waals surface area (Å²) in [4.78, 5) is 61.3. The van der Waals surface area contributed by atoms with E-state index >= 15 is 19.2 Å². The maximum atomic E-state index is 15.4. The van der Waals surface area contributed by atoms with Crippen molar-refractivity contribution in [3.8, 4) is 0 Å². The van der Waals surface area contributed by atoms with E-state index in [9.17, 15) is 5.11 Å². The lowest BCUT2D eigenvalue weighted by atomic mass is 9.96. The van der Waals surface area contributed by atoms with Crippen LogP contribution in [0.2, 0.25) is 0 Å². The number of ether oxygens (including phenoxy) is 20. The average molecular weight is 1890 g/mol. The second kappa shape index (κ2) is 51.3. The zero-order valence-electron chi connectivity index (χ0n) is 77.0. The lowest BCUT2D eigenvalue weighted by molar-refractivity contribution is -0.359. The van der Waals surface area contributed by atoms with Gasteiger partial charge in [-0.2, -0.15) is 0 Å². The Balaban J connectivity index is 0.778. The van der Waals surface area contributed by atoms with Crippen molar-refractivity contribution in [3.63, 3.8) is 0 Å². The first-order valence-electron chi connectivity index (χ1n) is 47.1. The van der Waals surface area contributed by atoms with Gasteiger partial charge in [0.2, 0.25) is 0 Å². The summed E-state index contributed by atoms with van der Waals surface area (Å²) in [7, 11) is 0. The van der Waals surface area contributed by atoms with Gasteiger partial charge < -0.3 is 99.8 Å². The SMILES string of the molecule is O=C(O[C@@H]1[C@@H](OC(=O)c2ccccc2)[C@H](OC[C@H]2O[C@H](O)[C@H](OCc3ccccc3)[C@@H](OCc3ccccc3)[C@@H]2OCc2ccccc2)O[C@H](CO[C@@H]2O[C@H](CO[C@@H]3O[C@H](COCc4ccccc4)[C@@H](OCc4ccccc4)[C@H](OCc4ccccc4)[C@H]3OC(=O)c3ccccc3)[C@@H](OCc3ccccc3)[C@H](OCc3ccccc3)[C@H]2OCc2ccccc2)[C@H]1OC(=O)c1ccccc1)c1ccccc1. The summed E-state index contributed by atoms with van der Waals surface area (Å²) in [6.45, 7) is -1.50. The molecule has 25 nitrogen and oxygen atoms in total. The molecule has 0 bridgehead atoms. The van der Waals surface area contributed by atoms with Gasteiger partial charge in [0.15, 0.2) is 49.6 Å². The number of hydrogen-bond donors (Lipinski definition) is 1.